The molecule has 0 unspecified atom stereocenters. The molecule has 1 heterocycles. The highest BCUT2D eigenvalue weighted by molar-refractivity contribution is 5.05. The average molecular weight is 176 g/mol. The summed E-state index contributed by atoms with van der Waals surface area (Å²) in [5.41, 5.74) is -0.577. The van der Waals surface area contributed by atoms with Gasteiger partial charge in [0.05, 0.1) is 11.9 Å². The van der Waals surface area contributed by atoms with E-state index in [0.29, 0.717) is 12.1 Å². The fourth-order valence-electron chi connectivity index (χ4n) is 0.713. The molecule has 0 radical (unpaired) electrons. The van der Waals surface area contributed by atoms with Crippen LogP contribution in [0.4, 0.5) is 13.2 Å². The van der Waals surface area contributed by atoms with Gasteiger partial charge in [-0.25, -0.2) is 4.98 Å². The molecule has 1 aromatic heterocycles. The number of aromatic nitrogens is 2. The van der Waals surface area contributed by atoms with Crippen LogP contribution in [-0.4, -0.2) is 9.97 Å². The maximum atomic E-state index is 12.0. The van der Waals surface area contributed by atoms with E-state index in [1.807, 2.05) is 0 Å². The summed E-state index contributed by atoms with van der Waals surface area (Å²) in [6.45, 7) is 1.73. The van der Waals surface area contributed by atoms with Crippen molar-refractivity contribution in [2.75, 3.05) is 0 Å². The van der Waals surface area contributed by atoms with Gasteiger partial charge in [0.1, 0.15) is 0 Å². The zero-order valence-electron chi connectivity index (χ0n) is 6.39. The second-order valence-corrected chi connectivity index (χ2v) is 2.25. The first-order valence-corrected chi connectivity index (χ1v) is 3.42. The van der Waals surface area contributed by atoms with Crippen molar-refractivity contribution >= 4 is 0 Å². The Morgan fingerprint density at radius 1 is 1.33 bits per heavy atom. The van der Waals surface area contributed by atoms with E-state index in [-0.39, 0.29) is 0 Å². The third kappa shape index (κ3) is 1.93. The van der Waals surface area contributed by atoms with Crippen LogP contribution >= 0.6 is 0 Å². The van der Waals surface area contributed by atoms with Crippen LogP contribution < -0.4 is 0 Å². The van der Waals surface area contributed by atoms with Gasteiger partial charge in [0.2, 0.25) is 0 Å². The molecule has 0 aliphatic carbocycles. The highest BCUT2D eigenvalue weighted by atomic mass is 19.4. The monoisotopic (exact) mass is 176 g/mol. The van der Waals surface area contributed by atoms with E-state index in [1.54, 1.807) is 6.92 Å². The number of halogens is 3. The number of hydrogen-bond donors (Lipinski definition) is 0. The molecular weight excluding hydrogens is 169 g/mol. The molecule has 0 saturated heterocycles. The quantitative estimate of drug-likeness (QED) is 0.654. The minimum Gasteiger partial charge on any atom is -0.261 e. The highest BCUT2D eigenvalue weighted by Crippen LogP contribution is 2.26. The summed E-state index contributed by atoms with van der Waals surface area (Å²) in [5.74, 6) is 0. The van der Waals surface area contributed by atoms with Crippen LogP contribution in [0.25, 0.3) is 0 Å². The van der Waals surface area contributed by atoms with Gasteiger partial charge in [-0.1, -0.05) is 6.92 Å². The van der Waals surface area contributed by atoms with E-state index in [1.165, 1.54) is 6.20 Å². The number of hydrogen-bond acceptors (Lipinski definition) is 2. The molecule has 0 amide bonds. The molecule has 5 heteroatoms. The van der Waals surface area contributed by atoms with Crippen LogP contribution in [-0.2, 0) is 12.6 Å². The van der Waals surface area contributed by atoms with Crippen molar-refractivity contribution in [2.24, 2.45) is 0 Å². The molecule has 0 atom stereocenters. The summed E-state index contributed by atoms with van der Waals surface area (Å²) in [6, 6.07) is 0. The van der Waals surface area contributed by atoms with Crippen molar-refractivity contribution in [2.45, 2.75) is 19.5 Å². The second kappa shape index (κ2) is 3.08. The van der Waals surface area contributed by atoms with Crippen LogP contribution in [0.15, 0.2) is 12.4 Å². The third-order valence-corrected chi connectivity index (χ3v) is 1.34. The van der Waals surface area contributed by atoms with Gasteiger partial charge in [0.15, 0.2) is 5.69 Å². The normalized spacial score (nSPS) is 11.7. The van der Waals surface area contributed by atoms with Crippen LogP contribution in [0.1, 0.15) is 18.3 Å². The van der Waals surface area contributed by atoms with Crippen LogP contribution in [0.3, 0.4) is 0 Å². The predicted octanol–water partition coefficient (Wildman–Crippen LogP) is 2.06. The van der Waals surface area contributed by atoms with Crippen molar-refractivity contribution in [3.05, 3.63) is 23.8 Å². The zero-order valence-corrected chi connectivity index (χ0v) is 6.39. The van der Waals surface area contributed by atoms with E-state index in [2.05, 4.69) is 9.97 Å². The van der Waals surface area contributed by atoms with Crippen molar-refractivity contribution in [3.63, 3.8) is 0 Å². The predicted molar refractivity (Wildman–Crippen MR) is 36.4 cm³/mol. The summed E-state index contributed by atoms with van der Waals surface area (Å²) in [5, 5.41) is 0. The maximum absolute atomic E-state index is 12.0. The topological polar surface area (TPSA) is 25.8 Å². The summed E-state index contributed by atoms with van der Waals surface area (Å²) >= 11 is 0. The first kappa shape index (κ1) is 8.96. The van der Waals surface area contributed by atoms with Gasteiger partial charge in [-0.2, -0.15) is 13.2 Å². The van der Waals surface area contributed by atoms with Crippen molar-refractivity contribution in [1.29, 1.82) is 0 Å². The maximum Gasteiger partial charge on any atom is 0.434 e. The van der Waals surface area contributed by atoms with E-state index in [4.69, 9.17) is 0 Å². The van der Waals surface area contributed by atoms with Crippen molar-refractivity contribution in [1.82, 2.24) is 9.97 Å². The number of alkyl halides is 3. The summed E-state index contributed by atoms with van der Waals surface area (Å²) < 4.78 is 36.0. The molecule has 0 aliphatic heterocycles. The lowest BCUT2D eigenvalue weighted by Crippen LogP contribution is -2.09. The molecule has 2 nitrogen and oxygen atoms in total. The van der Waals surface area contributed by atoms with Gasteiger partial charge in [-0.15, -0.1) is 0 Å². The molecule has 0 bridgehead atoms. The fraction of sp³-hybridized carbons (Fsp3) is 0.429. The number of aryl methyl sites for hydroxylation is 1. The molecule has 1 rings (SSSR count). The lowest BCUT2D eigenvalue weighted by molar-refractivity contribution is -0.141. The Bertz CT molecular complexity index is 270. The molecule has 0 aliphatic rings. The third-order valence-electron chi connectivity index (χ3n) is 1.34. The first-order chi connectivity index (χ1) is 5.54. The van der Waals surface area contributed by atoms with Gasteiger partial charge >= 0.3 is 6.18 Å². The molecule has 66 valence electrons. The Hall–Kier alpha value is -1.13. The number of rotatable bonds is 1. The molecule has 0 saturated carbocycles. The Morgan fingerprint density at radius 3 is 2.50 bits per heavy atom. The molecule has 0 N–H and O–H groups in total. The minimum atomic E-state index is -4.39. The van der Waals surface area contributed by atoms with Gasteiger partial charge < -0.3 is 0 Å². The SMILES string of the molecule is CCc1cncc(C(F)(F)F)n1. The Morgan fingerprint density at radius 2 is 2.00 bits per heavy atom. The average Bonchev–Trinajstić information content (AvgIpc) is 2.03. The standard InChI is InChI=1S/C7H7F3N2/c1-2-5-3-11-4-6(12-5)7(8,9)10/h3-4H,2H2,1H3. The van der Waals surface area contributed by atoms with Gasteiger partial charge in [0.25, 0.3) is 0 Å². The van der Waals surface area contributed by atoms with Crippen LogP contribution in [0.5, 0.6) is 0 Å². The van der Waals surface area contributed by atoms with Gasteiger partial charge in [-0.05, 0) is 6.42 Å². The van der Waals surface area contributed by atoms with E-state index < -0.39 is 11.9 Å². The molecule has 0 aromatic carbocycles. The molecule has 0 spiro atoms. The second-order valence-electron chi connectivity index (χ2n) is 2.25. The van der Waals surface area contributed by atoms with E-state index in [0.717, 1.165) is 6.20 Å². The summed E-state index contributed by atoms with van der Waals surface area (Å²) in [7, 11) is 0. The van der Waals surface area contributed by atoms with Crippen LogP contribution in [0, 0.1) is 0 Å². The molecule has 0 fully saturated rings. The first-order valence-electron chi connectivity index (χ1n) is 3.42. The largest absolute Gasteiger partial charge is 0.434 e. The van der Waals surface area contributed by atoms with Gasteiger partial charge in [-0.3, -0.25) is 4.98 Å². The Kier molecular flexibility index (Phi) is 2.30. The van der Waals surface area contributed by atoms with E-state index >= 15 is 0 Å². The minimum absolute atomic E-state index is 0.352. The summed E-state index contributed by atoms with van der Waals surface area (Å²) in [6.07, 6.45) is -1.89. The smallest absolute Gasteiger partial charge is 0.261 e. The van der Waals surface area contributed by atoms with E-state index in [9.17, 15) is 13.2 Å². The zero-order chi connectivity index (χ0) is 9.19. The molecule has 1 aromatic rings. The fourth-order valence-corrected chi connectivity index (χ4v) is 0.713. The lowest BCUT2D eigenvalue weighted by Gasteiger charge is -2.05. The van der Waals surface area contributed by atoms with Gasteiger partial charge in [0, 0.05) is 6.20 Å². The molecular formula is C7H7F3N2. The Balaban J connectivity index is 3.02. The van der Waals surface area contributed by atoms with Crippen LogP contribution in [0.2, 0.25) is 0 Å². The number of nitrogens with zero attached hydrogens (tertiary/aromatic N) is 2. The molecule has 12 heavy (non-hydrogen) atoms. The van der Waals surface area contributed by atoms with Crippen molar-refractivity contribution < 1.29 is 13.2 Å². The lowest BCUT2D eigenvalue weighted by atomic mass is 10.3. The summed E-state index contributed by atoms with van der Waals surface area (Å²) in [4.78, 5) is 6.81. The highest BCUT2D eigenvalue weighted by Gasteiger charge is 2.32. The Labute approximate surface area is 67.5 Å². The van der Waals surface area contributed by atoms with Crippen molar-refractivity contribution in [3.8, 4) is 0 Å².